The number of hydrogen-bond donors (Lipinski definition) is 3. The van der Waals surface area contributed by atoms with Gasteiger partial charge in [-0.2, -0.15) is 0 Å². The zero-order valence-electron chi connectivity index (χ0n) is 6.69. The number of piperidine rings is 1. The van der Waals surface area contributed by atoms with Crippen molar-refractivity contribution in [3.63, 3.8) is 0 Å². The lowest BCUT2D eigenvalue weighted by molar-refractivity contribution is -0.150. The summed E-state index contributed by atoms with van der Waals surface area (Å²) in [5, 5.41) is 20.6. The molecule has 1 saturated heterocycles. The van der Waals surface area contributed by atoms with Gasteiger partial charge < -0.3 is 15.5 Å². The monoisotopic (exact) mass is 195 g/mol. The molecule has 0 aliphatic carbocycles. The maximum absolute atomic E-state index is 10.3. The first-order valence-corrected chi connectivity index (χ1v) is 3.83. The number of aliphatic hydroxyl groups excluding tert-OH is 1. The van der Waals surface area contributed by atoms with E-state index in [1.807, 2.05) is 0 Å². The lowest BCUT2D eigenvalue weighted by atomic mass is 9.94. The summed E-state index contributed by atoms with van der Waals surface area (Å²) < 4.78 is 0. The summed E-state index contributed by atoms with van der Waals surface area (Å²) in [6.07, 6.45) is 0.568. The number of carbonyl (C=O) groups is 1. The molecular formula is C7H14ClNO3. The van der Waals surface area contributed by atoms with E-state index in [1.165, 1.54) is 0 Å². The number of halogens is 1. The number of carboxylic acid groups (broad SMARTS) is 1. The molecule has 0 aromatic carbocycles. The number of nitrogens with one attached hydrogen (secondary N) is 1. The number of hydrogen-bond acceptors (Lipinski definition) is 3. The van der Waals surface area contributed by atoms with Crippen LogP contribution in [-0.4, -0.2) is 35.4 Å². The first kappa shape index (κ1) is 11.7. The van der Waals surface area contributed by atoms with Gasteiger partial charge in [0, 0.05) is 12.5 Å². The van der Waals surface area contributed by atoms with Gasteiger partial charge in [-0.15, -0.1) is 12.4 Å². The maximum Gasteiger partial charge on any atom is 0.332 e. The lowest BCUT2D eigenvalue weighted by Crippen LogP contribution is -2.40. The molecule has 0 amide bonds. The molecule has 0 saturated carbocycles. The fourth-order valence-electron chi connectivity index (χ4n) is 1.35. The van der Waals surface area contributed by atoms with Crippen LogP contribution in [0.4, 0.5) is 0 Å². The molecule has 0 aromatic heterocycles. The zero-order chi connectivity index (χ0) is 8.27. The Balaban J connectivity index is 0.00000121. The van der Waals surface area contributed by atoms with Crippen molar-refractivity contribution in [2.45, 2.75) is 18.9 Å². The van der Waals surface area contributed by atoms with Crippen LogP contribution < -0.4 is 5.32 Å². The average molecular weight is 196 g/mol. The van der Waals surface area contributed by atoms with Crippen LogP contribution in [0.5, 0.6) is 0 Å². The number of aliphatic carboxylic acids is 1. The van der Waals surface area contributed by atoms with E-state index in [-0.39, 0.29) is 18.3 Å². The fourth-order valence-corrected chi connectivity index (χ4v) is 1.35. The van der Waals surface area contributed by atoms with E-state index in [0.29, 0.717) is 6.54 Å². The first-order chi connectivity index (χ1) is 5.22. The summed E-state index contributed by atoms with van der Waals surface area (Å²) >= 11 is 0. The Kier molecular flexibility index (Phi) is 5.20. The van der Waals surface area contributed by atoms with E-state index in [9.17, 15) is 4.79 Å². The van der Waals surface area contributed by atoms with Crippen LogP contribution in [0.25, 0.3) is 0 Å². The second-order valence-corrected chi connectivity index (χ2v) is 2.89. The van der Waals surface area contributed by atoms with Crippen molar-refractivity contribution >= 4 is 18.4 Å². The largest absolute Gasteiger partial charge is 0.479 e. The number of carboxylic acids is 1. The van der Waals surface area contributed by atoms with Gasteiger partial charge in [0.05, 0.1) is 0 Å². The predicted octanol–water partition coefficient (Wildman–Crippen LogP) is -0.147. The van der Waals surface area contributed by atoms with Crippen molar-refractivity contribution in [1.29, 1.82) is 0 Å². The number of aliphatic hydroxyl groups is 1. The molecule has 72 valence electrons. The molecule has 0 spiro atoms. The standard InChI is InChI=1S/C7H13NO3.ClH/c9-6(7(10)11)5-2-1-3-8-4-5;/h5-6,8-9H,1-4H2,(H,10,11);1H. The van der Waals surface area contributed by atoms with Crippen molar-refractivity contribution in [2.24, 2.45) is 5.92 Å². The third-order valence-corrected chi connectivity index (χ3v) is 2.03. The normalized spacial score (nSPS) is 25.6. The number of rotatable bonds is 2. The Labute approximate surface area is 77.4 Å². The Hall–Kier alpha value is -0.320. The Morgan fingerprint density at radius 2 is 2.25 bits per heavy atom. The van der Waals surface area contributed by atoms with Crippen LogP contribution in [0.15, 0.2) is 0 Å². The molecular weight excluding hydrogens is 182 g/mol. The van der Waals surface area contributed by atoms with Crippen molar-refractivity contribution in [3.05, 3.63) is 0 Å². The minimum atomic E-state index is -1.19. The first-order valence-electron chi connectivity index (χ1n) is 3.83. The highest BCUT2D eigenvalue weighted by atomic mass is 35.5. The van der Waals surface area contributed by atoms with E-state index in [2.05, 4.69) is 5.32 Å². The van der Waals surface area contributed by atoms with E-state index in [4.69, 9.17) is 10.2 Å². The Morgan fingerprint density at radius 3 is 2.67 bits per heavy atom. The molecule has 0 bridgehead atoms. The third-order valence-electron chi connectivity index (χ3n) is 2.03. The summed E-state index contributed by atoms with van der Waals surface area (Å²) in [5.74, 6) is -1.22. The molecule has 1 fully saturated rings. The van der Waals surface area contributed by atoms with Gasteiger partial charge in [0.2, 0.25) is 0 Å². The molecule has 5 heteroatoms. The predicted molar refractivity (Wildman–Crippen MR) is 46.5 cm³/mol. The van der Waals surface area contributed by atoms with Crippen LogP contribution in [0.3, 0.4) is 0 Å². The molecule has 1 aliphatic rings. The smallest absolute Gasteiger partial charge is 0.332 e. The van der Waals surface area contributed by atoms with Gasteiger partial charge in [0.25, 0.3) is 0 Å². The fraction of sp³-hybridized carbons (Fsp3) is 0.857. The van der Waals surface area contributed by atoms with Crippen molar-refractivity contribution < 1.29 is 15.0 Å². The second kappa shape index (κ2) is 5.35. The molecule has 1 rings (SSSR count). The van der Waals surface area contributed by atoms with E-state index in [0.717, 1.165) is 19.4 Å². The van der Waals surface area contributed by atoms with Crippen LogP contribution in [0, 0.1) is 5.92 Å². The zero-order valence-corrected chi connectivity index (χ0v) is 7.51. The second-order valence-electron chi connectivity index (χ2n) is 2.89. The van der Waals surface area contributed by atoms with Crippen LogP contribution in [0.2, 0.25) is 0 Å². The van der Waals surface area contributed by atoms with E-state index >= 15 is 0 Å². The van der Waals surface area contributed by atoms with Gasteiger partial charge in [0.15, 0.2) is 6.10 Å². The van der Waals surface area contributed by atoms with Gasteiger partial charge in [-0.1, -0.05) is 0 Å². The Bertz CT molecular complexity index is 148. The van der Waals surface area contributed by atoms with E-state index in [1.54, 1.807) is 0 Å². The van der Waals surface area contributed by atoms with E-state index < -0.39 is 12.1 Å². The summed E-state index contributed by atoms with van der Waals surface area (Å²) in [6, 6.07) is 0. The Morgan fingerprint density at radius 1 is 1.58 bits per heavy atom. The summed E-state index contributed by atoms with van der Waals surface area (Å²) in [4.78, 5) is 10.3. The van der Waals surface area contributed by atoms with Gasteiger partial charge in [-0.25, -0.2) is 4.79 Å². The lowest BCUT2D eigenvalue weighted by Gasteiger charge is -2.24. The molecule has 0 radical (unpaired) electrons. The molecule has 1 heterocycles. The molecule has 3 N–H and O–H groups in total. The molecule has 2 atom stereocenters. The summed E-state index contributed by atoms with van der Waals surface area (Å²) in [5.41, 5.74) is 0. The summed E-state index contributed by atoms with van der Waals surface area (Å²) in [6.45, 7) is 1.55. The molecule has 4 nitrogen and oxygen atoms in total. The highest BCUT2D eigenvalue weighted by Gasteiger charge is 2.26. The third kappa shape index (κ3) is 2.97. The van der Waals surface area contributed by atoms with Crippen LogP contribution in [-0.2, 0) is 4.79 Å². The van der Waals surface area contributed by atoms with Crippen molar-refractivity contribution in [3.8, 4) is 0 Å². The quantitative estimate of drug-likeness (QED) is 0.574. The van der Waals surface area contributed by atoms with Gasteiger partial charge in [0.1, 0.15) is 0 Å². The topological polar surface area (TPSA) is 69.6 Å². The summed E-state index contributed by atoms with van der Waals surface area (Å²) in [7, 11) is 0. The molecule has 12 heavy (non-hydrogen) atoms. The van der Waals surface area contributed by atoms with Gasteiger partial charge in [-0.3, -0.25) is 0 Å². The van der Waals surface area contributed by atoms with Crippen LogP contribution >= 0.6 is 12.4 Å². The van der Waals surface area contributed by atoms with Gasteiger partial charge in [-0.05, 0) is 19.4 Å². The van der Waals surface area contributed by atoms with Crippen LogP contribution in [0.1, 0.15) is 12.8 Å². The highest BCUT2D eigenvalue weighted by Crippen LogP contribution is 2.14. The molecule has 0 aromatic rings. The minimum Gasteiger partial charge on any atom is -0.479 e. The van der Waals surface area contributed by atoms with Gasteiger partial charge >= 0.3 is 5.97 Å². The minimum absolute atomic E-state index is 0. The highest BCUT2D eigenvalue weighted by molar-refractivity contribution is 5.85. The maximum atomic E-state index is 10.3. The SMILES string of the molecule is Cl.O=C(O)C(O)C1CCCNC1. The average Bonchev–Trinajstić information content (AvgIpc) is 2.05. The molecule has 2 unspecified atom stereocenters. The van der Waals surface area contributed by atoms with Crippen molar-refractivity contribution in [2.75, 3.05) is 13.1 Å². The molecule has 1 aliphatic heterocycles. The van der Waals surface area contributed by atoms with Crippen molar-refractivity contribution in [1.82, 2.24) is 5.32 Å².